The van der Waals surface area contributed by atoms with Crippen molar-refractivity contribution in [2.45, 2.75) is 19.8 Å². The van der Waals surface area contributed by atoms with Gasteiger partial charge in [0.1, 0.15) is 5.82 Å². The van der Waals surface area contributed by atoms with Crippen molar-refractivity contribution in [1.29, 1.82) is 0 Å². The van der Waals surface area contributed by atoms with E-state index < -0.39 is 23.8 Å². The lowest BCUT2D eigenvalue weighted by Crippen LogP contribution is -2.10. The Morgan fingerprint density at radius 1 is 1.56 bits per heavy atom. The van der Waals surface area contributed by atoms with Gasteiger partial charge in [0.15, 0.2) is 0 Å². The number of carbonyl (C=O) groups is 1. The summed E-state index contributed by atoms with van der Waals surface area (Å²) in [5, 5.41) is 0. The summed E-state index contributed by atoms with van der Waals surface area (Å²) in [7, 11) is 1.18. The highest BCUT2D eigenvalue weighted by molar-refractivity contribution is 5.72. The van der Waals surface area contributed by atoms with Crippen LogP contribution in [-0.2, 0) is 16.0 Å². The zero-order valence-corrected chi connectivity index (χ0v) is 8.76. The van der Waals surface area contributed by atoms with E-state index in [1.165, 1.54) is 14.0 Å². The van der Waals surface area contributed by atoms with Gasteiger partial charge >= 0.3 is 5.97 Å². The normalized spacial score (nSPS) is 10.6. The minimum Gasteiger partial charge on any atom is -0.469 e. The van der Waals surface area contributed by atoms with E-state index in [-0.39, 0.29) is 17.7 Å². The summed E-state index contributed by atoms with van der Waals surface area (Å²) in [5.41, 5.74) is -0.705. The average molecular weight is 233 g/mol. The Bertz CT molecular complexity index is 407. The average Bonchev–Trinajstić information content (AvgIpc) is 2.24. The molecule has 0 aliphatic rings. The predicted molar refractivity (Wildman–Crippen MR) is 49.6 cm³/mol. The molecule has 0 aliphatic carbocycles. The van der Waals surface area contributed by atoms with E-state index in [2.05, 4.69) is 9.72 Å². The molecule has 0 saturated carbocycles. The first-order valence-corrected chi connectivity index (χ1v) is 4.46. The molecule has 0 fully saturated rings. The summed E-state index contributed by atoms with van der Waals surface area (Å²) < 4.78 is 42.4. The lowest BCUT2D eigenvalue weighted by atomic mass is 10.1. The van der Waals surface area contributed by atoms with Crippen molar-refractivity contribution in [3.05, 3.63) is 28.8 Å². The SMILES string of the molecule is COC(=O)Cc1ncc(C(F)F)c(F)c1C. The molecule has 1 aromatic heterocycles. The fourth-order valence-electron chi connectivity index (χ4n) is 1.18. The number of hydrogen-bond acceptors (Lipinski definition) is 3. The third-order valence-electron chi connectivity index (χ3n) is 2.15. The van der Waals surface area contributed by atoms with E-state index in [1.54, 1.807) is 0 Å². The lowest BCUT2D eigenvalue weighted by molar-refractivity contribution is -0.139. The van der Waals surface area contributed by atoms with Crippen LogP contribution in [0.1, 0.15) is 23.2 Å². The van der Waals surface area contributed by atoms with Gasteiger partial charge in [0.05, 0.1) is 24.8 Å². The van der Waals surface area contributed by atoms with Crippen LogP contribution in [-0.4, -0.2) is 18.1 Å². The predicted octanol–water partition coefficient (Wildman–Crippen LogP) is 2.18. The molecule has 1 rings (SSSR count). The van der Waals surface area contributed by atoms with Gasteiger partial charge in [-0.05, 0) is 6.92 Å². The summed E-state index contributed by atoms with van der Waals surface area (Å²) >= 11 is 0. The summed E-state index contributed by atoms with van der Waals surface area (Å²) in [6.07, 6.45) is -2.41. The fraction of sp³-hybridized carbons (Fsp3) is 0.400. The molecular weight excluding hydrogens is 223 g/mol. The molecule has 3 nitrogen and oxygen atoms in total. The van der Waals surface area contributed by atoms with E-state index in [0.29, 0.717) is 0 Å². The minimum atomic E-state index is -2.92. The molecule has 1 aromatic rings. The first-order chi connectivity index (χ1) is 7.47. The van der Waals surface area contributed by atoms with E-state index >= 15 is 0 Å². The number of esters is 1. The van der Waals surface area contributed by atoms with Crippen molar-refractivity contribution in [3.8, 4) is 0 Å². The number of nitrogens with zero attached hydrogens (tertiary/aromatic N) is 1. The maximum Gasteiger partial charge on any atom is 0.311 e. The van der Waals surface area contributed by atoms with Crippen molar-refractivity contribution in [2.24, 2.45) is 0 Å². The van der Waals surface area contributed by atoms with Crippen molar-refractivity contribution < 1.29 is 22.7 Å². The molecule has 0 spiro atoms. The van der Waals surface area contributed by atoms with Crippen LogP contribution in [0.2, 0.25) is 0 Å². The molecule has 16 heavy (non-hydrogen) atoms. The quantitative estimate of drug-likeness (QED) is 0.751. The molecule has 0 bridgehead atoms. The molecule has 88 valence electrons. The van der Waals surface area contributed by atoms with Crippen LogP contribution < -0.4 is 0 Å². The second-order valence-electron chi connectivity index (χ2n) is 3.15. The zero-order chi connectivity index (χ0) is 12.3. The number of carbonyl (C=O) groups excluding carboxylic acids is 1. The number of alkyl halides is 2. The minimum absolute atomic E-state index is 0.0526. The molecule has 1 heterocycles. The van der Waals surface area contributed by atoms with Crippen molar-refractivity contribution >= 4 is 5.97 Å². The van der Waals surface area contributed by atoms with E-state index in [4.69, 9.17) is 0 Å². The second kappa shape index (κ2) is 4.96. The number of pyridine rings is 1. The third kappa shape index (κ3) is 2.50. The third-order valence-corrected chi connectivity index (χ3v) is 2.15. The van der Waals surface area contributed by atoms with Gasteiger partial charge in [-0.15, -0.1) is 0 Å². The first kappa shape index (κ1) is 12.5. The topological polar surface area (TPSA) is 39.2 Å². The number of halogens is 3. The Morgan fingerprint density at radius 3 is 2.69 bits per heavy atom. The molecule has 0 N–H and O–H groups in total. The number of ether oxygens (including phenoxy) is 1. The Labute approximate surface area is 90.2 Å². The van der Waals surface area contributed by atoms with Crippen LogP contribution in [0.4, 0.5) is 13.2 Å². The monoisotopic (exact) mass is 233 g/mol. The summed E-state index contributed by atoms with van der Waals surface area (Å²) in [4.78, 5) is 14.6. The summed E-state index contributed by atoms with van der Waals surface area (Å²) in [6, 6.07) is 0. The van der Waals surface area contributed by atoms with Crippen LogP contribution in [0.3, 0.4) is 0 Å². The fourth-order valence-corrected chi connectivity index (χ4v) is 1.18. The van der Waals surface area contributed by atoms with Gasteiger partial charge in [0, 0.05) is 11.8 Å². The van der Waals surface area contributed by atoms with Crippen LogP contribution in [0.5, 0.6) is 0 Å². The van der Waals surface area contributed by atoms with Gasteiger partial charge in [-0.2, -0.15) is 0 Å². The number of aromatic nitrogens is 1. The zero-order valence-electron chi connectivity index (χ0n) is 8.76. The van der Waals surface area contributed by atoms with E-state index in [9.17, 15) is 18.0 Å². The summed E-state index contributed by atoms with van der Waals surface area (Å²) in [5.74, 6) is -1.62. The highest BCUT2D eigenvalue weighted by Gasteiger charge is 2.19. The highest BCUT2D eigenvalue weighted by atomic mass is 19.3. The molecule has 6 heteroatoms. The van der Waals surface area contributed by atoms with Crippen LogP contribution >= 0.6 is 0 Å². The maximum atomic E-state index is 13.4. The molecule has 0 atom stereocenters. The van der Waals surface area contributed by atoms with Crippen LogP contribution in [0, 0.1) is 12.7 Å². The second-order valence-corrected chi connectivity index (χ2v) is 3.15. The Hall–Kier alpha value is -1.59. The molecule has 0 unspecified atom stereocenters. The Morgan fingerprint density at radius 2 is 2.19 bits per heavy atom. The van der Waals surface area contributed by atoms with Gasteiger partial charge in [0.2, 0.25) is 0 Å². The molecule has 0 aromatic carbocycles. The number of methoxy groups -OCH3 is 1. The van der Waals surface area contributed by atoms with E-state index in [0.717, 1.165) is 6.20 Å². The van der Waals surface area contributed by atoms with Crippen LogP contribution in [0.25, 0.3) is 0 Å². The largest absolute Gasteiger partial charge is 0.469 e. The molecule has 0 amide bonds. The molecular formula is C10H10F3NO2. The first-order valence-electron chi connectivity index (χ1n) is 4.46. The number of hydrogen-bond donors (Lipinski definition) is 0. The van der Waals surface area contributed by atoms with Gasteiger partial charge < -0.3 is 4.74 Å². The maximum absolute atomic E-state index is 13.4. The lowest BCUT2D eigenvalue weighted by Gasteiger charge is -2.08. The Balaban J connectivity index is 3.07. The molecule has 0 radical (unpaired) electrons. The van der Waals surface area contributed by atoms with Crippen molar-refractivity contribution in [2.75, 3.05) is 7.11 Å². The van der Waals surface area contributed by atoms with Crippen LogP contribution in [0.15, 0.2) is 6.20 Å². The van der Waals surface area contributed by atoms with Gasteiger partial charge in [-0.25, -0.2) is 13.2 Å². The van der Waals surface area contributed by atoms with Crippen molar-refractivity contribution in [3.63, 3.8) is 0 Å². The molecule has 0 saturated heterocycles. The van der Waals surface area contributed by atoms with Gasteiger partial charge in [-0.1, -0.05) is 0 Å². The number of rotatable bonds is 3. The Kier molecular flexibility index (Phi) is 3.87. The smallest absolute Gasteiger partial charge is 0.311 e. The van der Waals surface area contributed by atoms with E-state index in [1.807, 2.05) is 0 Å². The summed E-state index contributed by atoms with van der Waals surface area (Å²) in [6.45, 7) is 1.30. The van der Waals surface area contributed by atoms with Crippen molar-refractivity contribution in [1.82, 2.24) is 4.98 Å². The standard InChI is InChI=1S/C10H10F3NO2/c1-5-7(3-8(15)16-2)14-4-6(9(5)11)10(12)13/h4,10H,3H2,1-2H3. The van der Waals surface area contributed by atoms with Gasteiger partial charge in [0.25, 0.3) is 6.43 Å². The molecule has 0 aliphatic heterocycles. The highest BCUT2D eigenvalue weighted by Crippen LogP contribution is 2.24. The van der Waals surface area contributed by atoms with Gasteiger partial charge in [-0.3, -0.25) is 9.78 Å².